The Morgan fingerprint density at radius 1 is 0.865 bits per heavy atom. The molecule has 2 rings (SSSR count). The standard InChI is InChI=1S/C28H29N3O6/c1-5-7-12-31-27(32)21(17-29)13-19-9-11-24(26(16-19)35-4)37-28(33)22(18-30)14-20-8-10-23(36-6-2)25(15-20)34-3/h8-11,13-16H,5-7,12H2,1-4H3,(H,31,32)/b21-13+,22-14+. The number of hydrogen-bond acceptors (Lipinski definition) is 8. The number of nitrogens with one attached hydrogen (secondary N) is 1. The zero-order chi connectivity index (χ0) is 27.2. The van der Waals surface area contributed by atoms with Gasteiger partial charge in [0.2, 0.25) is 0 Å². The number of rotatable bonds is 12. The van der Waals surface area contributed by atoms with Crippen molar-refractivity contribution in [2.24, 2.45) is 0 Å². The van der Waals surface area contributed by atoms with Gasteiger partial charge < -0.3 is 24.3 Å². The van der Waals surface area contributed by atoms with Crippen LogP contribution in [0.1, 0.15) is 37.8 Å². The van der Waals surface area contributed by atoms with Crippen molar-refractivity contribution in [3.8, 4) is 35.1 Å². The van der Waals surface area contributed by atoms with Gasteiger partial charge in [-0.3, -0.25) is 4.79 Å². The van der Waals surface area contributed by atoms with Crippen molar-refractivity contribution in [1.82, 2.24) is 5.32 Å². The zero-order valence-electron chi connectivity index (χ0n) is 21.3. The maximum atomic E-state index is 12.7. The van der Waals surface area contributed by atoms with Gasteiger partial charge in [-0.25, -0.2) is 4.79 Å². The lowest BCUT2D eigenvalue weighted by Gasteiger charge is -2.11. The number of unbranched alkanes of at least 4 members (excludes halogenated alkanes) is 1. The Hall–Kier alpha value is -4.76. The Kier molecular flexibility index (Phi) is 11.2. The van der Waals surface area contributed by atoms with E-state index in [-0.39, 0.29) is 22.6 Å². The minimum absolute atomic E-state index is 0.0663. The summed E-state index contributed by atoms with van der Waals surface area (Å²) in [6.45, 7) is 4.79. The SMILES string of the molecule is CCCCNC(=O)/C(C#N)=C/c1ccc(OC(=O)/C(C#N)=C/c2ccc(OCC)c(OC)c2)c(OC)c1. The fraction of sp³-hybridized carbons (Fsp3) is 0.286. The van der Waals surface area contributed by atoms with Crippen LogP contribution in [-0.2, 0) is 9.59 Å². The molecule has 0 fully saturated rings. The minimum Gasteiger partial charge on any atom is -0.493 e. The molecule has 0 bridgehead atoms. The highest BCUT2D eigenvalue weighted by Crippen LogP contribution is 2.31. The second kappa shape index (κ2) is 14.6. The number of esters is 1. The summed E-state index contributed by atoms with van der Waals surface area (Å²) in [5.41, 5.74) is 0.731. The van der Waals surface area contributed by atoms with Gasteiger partial charge in [-0.2, -0.15) is 10.5 Å². The molecule has 0 aliphatic heterocycles. The molecular weight excluding hydrogens is 474 g/mol. The highest BCUT2D eigenvalue weighted by Gasteiger charge is 2.17. The first-order chi connectivity index (χ1) is 17.9. The van der Waals surface area contributed by atoms with Crippen molar-refractivity contribution in [3.63, 3.8) is 0 Å². The first kappa shape index (κ1) is 28.5. The van der Waals surface area contributed by atoms with E-state index in [2.05, 4.69) is 5.32 Å². The Labute approximate surface area is 216 Å². The van der Waals surface area contributed by atoms with Crippen LogP contribution in [0.15, 0.2) is 47.5 Å². The second-order valence-corrected chi connectivity index (χ2v) is 7.59. The maximum absolute atomic E-state index is 12.7. The van der Waals surface area contributed by atoms with Gasteiger partial charge in [-0.1, -0.05) is 25.5 Å². The lowest BCUT2D eigenvalue weighted by molar-refractivity contribution is -0.129. The van der Waals surface area contributed by atoms with E-state index in [1.54, 1.807) is 24.3 Å². The van der Waals surface area contributed by atoms with Gasteiger partial charge in [0.15, 0.2) is 23.0 Å². The van der Waals surface area contributed by atoms with Crippen molar-refractivity contribution in [2.75, 3.05) is 27.4 Å². The van der Waals surface area contributed by atoms with E-state index < -0.39 is 11.9 Å². The number of ether oxygens (including phenoxy) is 4. The monoisotopic (exact) mass is 503 g/mol. The molecule has 0 aliphatic rings. The van der Waals surface area contributed by atoms with Crippen molar-refractivity contribution in [1.29, 1.82) is 10.5 Å². The molecule has 0 heterocycles. The summed E-state index contributed by atoms with van der Waals surface area (Å²) in [5.74, 6) is -0.0978. The molecule has 0 atom stereocenters. The summed E-state index contributed by atoms with van der Waals surface area (Å²) in [6.07, 6.45) is 4.51. The summed E-state index contributed by atoms with van der Waals surface area (Å²) < 4.78 is 21.5. The van der Waals surface area contributed by atoms with Gasteiger partial charge >= 0.3 is 5.97 Å². The van der Waals surface area contributed by atoms with E-state index in [9.17, 15) is 20.1 Å². The average Bonchev–Trinajstić information content (AvgIpc) is 2.91. The average molecular weight is 504 g/mol. The molecule has 0 aromatic heterocycles. The molecule has 9 nitrogen and oxygen atoms in total. The molecule has 2 aromatic carbocycles. The third-order valence-corrected chi connectivity index (χ3v) is 5.02. The highest BCUT2D eigenvalue weighted by atomic mass is 16.6. The van der Waals surface area contributed by atoms with E-state index in [1.807, 2.05) is 26.0 Å². The van der Waals surface area contributed by atoms with Crippen LogP contribution < -0.4 is 24.3 Å². The van der Waals surface area contributed by atoms with Crippen molar-refractivity contribution >= 4 is 24.0 Å². The Bertz CT molecular complexity index is 1270. The molecule has 0 aliphatic carbocycles. The van der Waals surface area contributed by atoms with E-state index >= 15 is 0 Å². The van der Waals surface area contributed by atoms with Gasteiger partial charge in [0.25, 0.3) is 5.91 Å². The van der Waals surface area contributed by atoms with Crippen LogP contribution in [0, 0.1) is 22.7 Å². The van der Waals surface area contributed by atoms with E-state index in [0.29, 0.717) is 35.8 Å². The lowest BCUT2D eigenvalue weighted by Crippen LogP contribution is -2.25. The van der Waals surface area contributed by atoms with Crippen LogP contribution in [0.4, 0.5) is 0 Å². The fourth-order valence-electron chi connectivity index (χ4n) is 3.15. The van der Waals surface area contributed by atoms with E-state index in [0.717, 1.165) is 12.8 Å². The third-order valence-electron chi connectivity index (χ3n) is 5.02. The number of carbonyl (C=O) groups excluding carboxylic acids is 2. The third kappa shape index (κ3) is 8.15. The second-order valence-electron chi connectivity index (χ2n) is 7.59. The number of amides is 1. The van der Waals surface area contributed by atoms with Crippen LogP contribution in [0.25, 0.3) is 12.2 Å². The molecule has 192 valence electrons. The minimum atomic E-state index is -0.884. The first-order valence-electron chi connectivity index (χ1n) is 11.6. The van der Waals surface area contributed by atoms with Crippen LogP contribution in [0.2, 0.25) is 0 Å². The topological polar surface area (TPSA) is 131 Å². The molecule has 1 N–H and O–H groups in total. The van der Waals surface area contributed by atoms with Gasteiger partial charge in [0.05, 0.1) is 20.8 Å². The zero-order valence-corrected chi connectivity index (χ0v) is 21.3. The van der Waals surface area contributed by atoms with Crippen molar-refractivity contribution < 1.29 is 28.5 Å². The largest absolute Gasteiger partial charge is 0.493 e. The van der Waals surface area contributed by atoms with E-state index in [4.69, 9.17) is 18.9 Å². The molecule has 0 saturated heterocycles. The first-order valence-corrected chi connectivity index (χ1v) is 11.6. The fourth-order valence-corrected chi connectivity index (χ4v) is 3.15. The number of hydrogen-bond donors (Lipinski definition) is 1. The molecule has 1 amide bonds. The van der Waals surface area contributed by atoms with Crippen LogP contribution >= 0.6 is 0 Å². The quantitative estimate of drug-likeness (QED) is 0.148. The van der Waals surface area contributed by atoms with Gasteiger partial charge in [-0.15, -0.1) is 0 Å². The Balaban J connectivity index is 2.26. The number of nitriles is 2. The molecule has 9 heteroatoms. The molecule has 0 radical (unpaired) electrons. The Morgan fingerprint density at radius 2 is 1.43 bits per heavy atom. The molecule has 0 unspecified atom stereocenters. The summed E-state index contributed by atoms with van der Waals surface area (Å²) >= 11 is 0. The van der Waals surface area contributed by atoms with E-state index in [1.165, 1.54) is 38.5 Å². The number of carbonyl (C=O) groups is 2. The summed E-state index contributed by atoms with van der Waals surface area (Å²) in [4.78, 5) is 24.9. The van der Waals surface area contributed by atoms with Crippen LogP contribution in [0.3, 0.4) is 0 Å². The molecule has 0 spiro atoms. The predicted molar refractivity (Wildman–Crippen MR) is 138 cm³/mol. The lowest BCUT2D eigenvalue weighted by atomic mass is 10.1. The van der Waals surface area contributed by atoms with Crippen molar-refractivity contribution in [2.45, 2.75) is 26.7 Å². The smallest absolute Gasteiger partial charge is 0.354 e. The summed E-state index contributed by atoms with van der Waals surface area (Å²) in [5, 5.41) is 21.6. The number of methoxy groups -OCH3 is 2. The van der Waals surface area contributed by atoms with Crippen LogP contribution in [0.5, 0.6) is 23.0 Å². The van der Waals surface area contributed by atoms with Gasteiger partial charge in [0.1, 0.15) is 23.3 Å². The number of nitrogens with zero attached hydrogens (tertiary/aromatic N) is 2. The normalized spacial score (nSPS) is 11.1. The van der Waals surface area contributed by atoms with Crippen molar-refractivity contribution in [3.05, 3.63) is 58.7 Å². The summed E-state index contributed by atoms with van der Waals surface area (Å²) in [6, 6.07) is 13.3. The maximum Gasteiger partial charge on any atom is 0.354 e. The van der Waals surface area contributed by atoms with Crippen LogP contribution in [-0.4, -0.2) is 39.2 Å². The number of benzene rings is 2. The molecule has 0 saturated carbocycles. The summed E-state index contributed by atoms with van der Waals surface area (Å²) in [7, 11) is 2.88. The molecular formula is C28H29N3O6. The Morgan fingerprint density at radius 3 is 1.97 bits per heavy atom. The molecule has 37 heavy (non-hydrogen) atoms. The molecule has 2 aromatic rings. The van der Waals surface area contributed by atoms with Gasteiger partial charge in [-0.05, 0) is 60.9 Å². The van der Waals surface area contributed by atoms with Gasteiger partial charge in [0, 0.05) is 6.54 Å². The predicted octanol–water partition coefficient (Wildman–Crippen LogP) is 4.44. The highest BCUT2D eigenvalue weighted by molar-refractivity contribution is 6.02.